The second-order valence-corrected chi connectivity index (χ2v) is 13.5. The van der Waals surface area contributed by atoms with Crippen LogP contribution in [0, 0.1) is 0 Å². The summed E-state index contributed by atoms with van der Waals surface area (Å²) in [6.07, 6.45) is -1.87. The number of rotatable bonds is 10. The Balaban J connectivity index is 0.00000174. The van der Waals surface area contributed by atoms with E-state index in [1.165, 1.54) is 34.9 Å². The number of carbonyl (C=O) groups excluding carboxylic acids is 1. The summed E-state index contributed by atoms with van der Waals surface area (Å²) in [4.78, 5) is 25.9. The van der Waals surface area contributed by atoms with Crippen molar-refractivity contribution in [3.8, 4) is 16.8 Å². The van der Waals surface area contributed by atoms with Crippen molar-refractivity contribution in [2.24, 2.45) is 0 Å². The molecule has 0 saturated heterocycles. The van der Waals surface area contributed by atoms with Gasteiger partial charge in [0.1, 0.15) is 17.1 Å². The third-order valence-corrected chi connectivity index (χ3v) is 9.17. The topological polar surface area (TPSA) is 116 Å². The third-order valence-electron chi connectivity index (χ3n) is 7.04. The number of aryl methyl sites for hydroxylation is 1. The molecule has 0 fully saturated rings. The van der Waals surface area contributed by atoms with Crippen molar-refractivity contribution in [3.63, 3.8) is 0 Å². The summed E-state index contributed by atoms with van der Waals surface area (Å²) in [5.41, 5.74) is -0.703. The van der Waals surface area contributed by atoms with E-state index >= 15 is 0 Å². The Morgan fingerprint density at radius 3 is 2.22 bits per heavy atom. The Bertz CT molecular complexity index is 2100. The number of sulfonamides is 1. The van der Waals surface area contributed by atoms with Crippen LogP contribution in [0.4, 0.5) is 13.2 Å². The molecule has 260 valence electrons. The predicted octanol–water partition coefficient (Wildman–Crippen LogP) is 8.55. The van der Waals surface area contributed by atoms with Gasteiger partial charge in [0, 0.05) is 12.0 Å². The Hall–Kier alpha value is -3.75. The number of furan rings is 1. The molecule has 0 aliphatic rings. The number of hydrogen-bond donors (Lipinski definition) is 1. The number of nitrogens with one attached hydrogen (secondary N) is 1. The van der Waals surface area contributed by atoms with E-state index in [9.17, 15) is 31.2 Å². The number of hydrogen-bond acceptors (Lipinski definition) is 6. The second kappa shape index (κ2) is 16.3. The largest absolute Gasteiger partial charge is 0.456 e. The molecule has 0 radical (unpaired) electrons. The zero-order valence-corrected chi connectivity index (χ0v) is 29.3. The molecule has 9 nitrogen and oxygen atoms in total. The molecular weight excluding hydrogens is 751 g/mol. The van der Waals surface area contributed by atoms with Crippen LogP contribution in [0.2, 0.25) is 10.0 Å². The van der Waals surface area contributed by atoms with Crippen molar-refractivity contribution in [1.82, 2.24) is 19.1 Å². The van der Waals surface area contributed by atoms with Gasteiger partial charge in [0.2, 0.25) is 5.76 Å². The van der Waals surface area contributed by atoms with Crippen molar-refractivity contribution < 1.29 is 30.8 Å². The SMILES string of the molecule is CCCCc1nn(-c2ccccc2C(F)(F)F)c(=O)n1Cc1ccc(-c2ccccc2S(=O)(=O)NC(=O)c2occ(Cl)c2Cl)cc1.ClCCl. The van der Waals surface area contributed by atoms with Crippen molar-refractivity contribution >= 4 is 62.3 Å². The van der Waals surface area contributed by atoms with Crippen LogP contribution in [0.3, 0.4) is 0 Å². The molecule has 0 atom stereocenters. The van der Waals surface area contributed by atoms with Gasteiger partial charge in [-0.05, 0) is 35.7 Å². The first-order chi connectivity index (χ1) is 23.2. The van der Waals surface area contributed by atoms with Gasteiger partial charge in [0.15, 0.2) is 0 Å². The highest BCUT2D eigenvalue weighted by Gasteiger charge is 2.35. The molecule has 3 aromatic carbocycles. The lowest BCUT2D eigenvalue weighted by Crippen LogP contribution is -2.30. The minimum Gasteiger partial charge on any atom is -0.456 e. The number of halogens is 7. The Morgan fingerprint density at radius 2 is 1.61 bits per heavy atom. The Labute approximate surface area is 299 Å². The number of para-hydroxylation sites is 1. The highest BCUT2D eigenvalue weighted by molar-refractivity contribution is 7.90. The van der Waals surface area contributed by atoms with Gasteiger partial charge in [0.25, 0.3) is 10.0 Å². The number of alkyl halides is 5. The van der Waals surface area contributed by atoms with Crippen LogP contribution >= 0.6 is 46.4 Å². The molecule has 5 aromatic rings. The van der Waals surface area contributed by atoms with E-state index in [1.807, 2.05) is 11.6 Å². The average Bonchev–Trinajstić information content (AvgIpc) is 3.57. The quantitative estimate of drug-likeness (QED) is 0.142. The summed E-state index contributed by atoms with van der Waals surface area (Å²) >= 11 is 21.3. The summed E-state index contributed by atoms with van der Waals surface area (Å²) in [6.45, 7) is 1.96. The molecule has 2 aromatic heterocycles. The monoisotopic (exact) mass is 776 g/mol. The Kier molecular flexibility index (Phi) is 12.7. The van der Waals surface area contributed by atoms with Crippen LogP contribution < -0.4 is 10.4 Å². The molecule has 0 bridgehead atoms. The maximum atomic E-state index is 13.7. The first kappa shape index (κ1) is 38.1. The van der Waals surface area contributed by atoms with Gasteiger partial charge in [0.05, 0.1) is 33.1 Å². The molecule has 17 heteroatoms. The van der Waals surface area contributed by atoms with Gasteiger partial charge < -0.3 is 4.42 Å². The summed E-state index contributed by atoms with van der Waals surface area (Å²) < 4.78 is 76.7. The first-order valence-corrected chi connectivity index (χ1v) is 17.7. The number of aromatic nitrogens is 3. The fourth-order valence-electron chi connectivity index (χ4n) is 4.78. The normalized spacial score (nSPS) is 11.6. The van der Waals surface area contributed by atoms with Crippen LogP contribution in [0.5, 0.6) is 0 Å². The average molecular weight is 778 g/mol. The Morgan fingerprint density at radius 1 is 0.980 bits per heavy atom. The first-order valence-electron chi connectivity index (χ1n) is 14.4. The minimum atomic E-state index is -4.69. The maximum Gasteiger partial charge on any atom is 0.418 e. The van der Waals surface area contributed by atoms with E-state index in [-0.39, 0.29) is 38.1 Å². The molecule has 0 spiro atoms. The smallest absolute Gasteiger partial charge is 0.418 e. The lowest BCUT2D eigenvalue weighted by molar-refractivity contribution is -0.137. The standard InChI is InChI=1S/C31H25Cl2F3N4O5S.CH2Cl2/c1-2-3-12-26-37-40(24-10-6-5-9-22(24)31(34,35)36)30(42)39(26)17-19-13-15-20(16-14-19)21-8-4-7-11-25(21)46(43,44)38-29(41)28-27(33)23(32)18-45-28;2-1-3/h4-11,13-16,18H,2-3,12,17H2,1H3,(H,38,41);1H2. The molecule has 1 amide bonds. The van der Waals surface area contributed by atoms with Crippen LogP contribution in [0.1, 0.15) is 47.3 Å². The minimum absolute atomic E-state index is 0.00874. The summed E-state index contributed by atoms with van der Waals surface area (Å²) in [6, 6.07) is 17.3. The van der Waals surface area contributed by atoms with Gasteiger partial charge in [-0.2, -0.15) is 17.9 Å². The third kappa shape index (κ3) is 8.89. The van der Waals surface area contributed by atoms with Crippen LogP contribution in [-0.2, 0) is 29.2 Å². The lowest BCUT2D eigenvalue weighted by atomic mass is 10.0. The van der Waals surface area contributed by atoms with Gasteiger partial charge >= 0.3 is 17.8 Å². The number of benzene rings is 3. The number of carbonyl (C=O) groups is 1. The molecule has 0 unspecified atom stereocenters. The summed E-state index contributed by atoms with van der Waals surface area (Å²) in [5.74, 6) is -1.24. The second-order valence-electron chi connectivity index (χ2n) is 10.3. The number of nitrogens with zero attached hydrogens (tertiary/aromatic N) is 3. The molecule has 2 heterocycles. The maximum absolute atomic E-state index is 13.7. The molecule has 1 N–H and O–H groups in total. The number of amides is 1. The van der Waals surface area contributed by atoms with Crippen molar-refractivity contribution in [2.75, 3.05) is 5.34 Å². The van der Waals surface area contributed by atoms with Crippen molar-refractivity contribution in [3.05, 3.63) is 122 Å². The van der Waals surface area contributed by atoms with E-state index in [4.69, 9.17) is 50.8 Å². The van der Waals surface area contributed by atoms with E-state index in [1.54, 1.807) is 36.4 Å². The van der Waals surface area contributed by atoms with Gasteiger partial charge in [-0.1, -0.05) is 91.1 Å². The number of unbranched alkanes of at least 4 members (excludes halogenated alkanes) is 1. The zero-order valence-electron chi connectivity index (χ0n) is 25.5. The zero-order chi connectivity index (χ0) is 35.9. The molecule has 0 aliphatic heterocycles. The van der Waals surface area contributed by atoms with E-state index in [2.05, 4.69) is 5.10 Å². The van der Waals surface area contributed by atoms with E-state index in [0.717, 1.165) is 23.4 Å². The highest BCUT2D eigenvalue weighted by Crippen LogP contribution is 2.33. The van der Waals surface area contributed by atoms with E-state index < -0.39 is 39.1 Å². The van der Waals surface area contributed by atoms with Gasteiger partial charge in [-0.15, -0.1) is 28.3 Å². The van der Waals surface area contributed by atoms with Crippen LogP contribution in [0.15, 0.2) is 93.2 Å². The fraction of sp³-hybridized carbons (Fsp3) is 0.219. The van der Waals surface area contributed by atoms with Crippen LogP contribution in [-0.4, -0.2) is 34.0 Å². The molecule has 5 rings (SSSR count). The highest BCUT2D eigenvalue weighted by atomic mass is 35.5. The van der Waals surface area contributed by atoms with Crippen molar-refractivity contribution in [1.29, 1.82) is 0 Å². The molecular formula is C32H27Cl4F3N4O5S. The fourth-order valence-corrected chi connectivity index (χ4v) is 6.27. The van der Waals surface area contributed by atoms with E-state index in [0.29, 0.717) is 29.8 Å². The predicted molar refractivity (Wildman–Crippen MR) is 182 cm³/mol. The molecule has 0 aliphatic carbocycles. The van der Waals surface area contributed by atoms with Crippen LogP contribution in [0.25, 0.3) is 16.8 Å². The van der Waals surface area contributed by atoms with Crippen molar-refractivity contribution in [2.45, 2.75) is 43.8 Å². The van der Waals surface area contributed by atoms with Gasteiger partial charge in [-0.3, -0.25) is 9.36 Å². The molecule has 49 heavy (non-hydrogen) atoms. The molecule has 0 saturated carbocycles. The summed E-state index contributed by atoms with van der Waals surface area (Å²) in [5, 5.41) is 4.20. The lowest BCUT2D eigenvalue weighted by Gasteiger charge is -2.12. The van der Waals surface area contributed by atoms with Gasteiger partial charge in [-0.25, -0.2) is 17.9 Å². The summed E-state index contributed by atoms with van der Waals surface area (Å²) in [7, 11) is -4.41.